The number of amides is 3. The van der Waals surface area contributed by atoms with Gasteiger partial charge in [0, 0.05) is 6.42 Å². The van der Waals surface area contributed by atoms with Crippen LogP contribution in [0.3, 0.4) is 0 Å². The molecule has 0 bridgehead atoms. The molecule has 2 rings (SSSR count). The van der Waals surface area contributed by atoms with Crippen LogP contribution in [0.25, 0.3) is 0 Å². The van der Waals surface area contributed by atoms with Crippen molar-refractivity contribution in [3.05, 3.63) is 65.7 Å². The normalized spacial score (nSPS) is 13.8. The molecule has 0 saturated heterocycles. The lowest BCUT2D eigenvalue weighted by Gasteiger charge is -2.25. The molecule has 0 aliphatic rings. The predicted molar refractivity (Wildman–Crippen MR) is 159 cm³/mol. The van der Waals surface area contributed by atoms with E-state index in [-0.39, 0.29) is 31.4 Å². The molecule has 0 aromatic heterocycles. The molecular formula is C30H44N6O6. The molecule has 0 heterocycles. The molecular weight excluding hydrogens is 540 g/mol. The lowest BCUT2D eigenvalue weighted by Crippen LogP contribution is -2.57. The Balaban J connectivity index is 2.18. The molecule has 2 aromatic carbocycles. The lowest BCUT2D eigenvalue weighted by atomic mass is 10.0. The maximum absolute atomic E-state index is 13.5. The number of carboxylic acid groups (broad SMARTS) is 1. The number of carbonyl (C=O) groups excluding carboxylic acids is 3. The van der Waals surface area contributed by atoms with E-state index in [4.69, 9.17) is 17.2 Å². The monoisotopic (exact) mass is 584 g/mol. The first kappa shape index (κ1) is 34.2. The van der Waals surface area contributed by atoms with Crippen molar-refractivity contribution >= 4 is 23.7 Å². The summed E-state index contributed by atoms with van der Waals surface area (Å²) in [4.78, 5) is 51.6. The van der Waals surface area contributed by atoms with Crippen molar-refractivity contribution in [2.24, 2.45) is 17.2 Å². The minimum absolute atomic E-state index is 0.0905. The summed E-state index contributed by atoms with van der Waals surface area (Å²) in [6.07, 6.45) is 3.04. The maximum atomic E-state index is 13.5. The summed E-state index contributed by atoms with van der Waals surface area (Å²) in [5.74, 6) is -2.88. The molecule has 230 valence electrons. The number of unbranched alkanes of at least 4 members (excludes halogenated alkanes) is 2. The van der Waals surface area contributed by atoms with Crippen LogP contribution in [0.2, 0.25) is 0 Å². The SMILES string of the molecule is NCCCCC(NC(=O)C(Cc1ccccc1)NC(=O)C(CCCCN)NC(=O)C(N)Cc1ccc(O)cc1)C(=O)O. The minimum atomic E-state index is -1.18. The minimum Gasteiger partial charge on any atom is -0.508 e. The topological polar surface area (TPSA) is 223 Å². The van der Waals surface area contributed by atoms with Crippen LogP contribution in [0.4, 0.5) is 0 Å². The van der Waals surface area contributed by atoms with Crippen molar-refractivity contribution < 1.29 is 29.4 Å². The zero-order valence-corrected chi connectivity index (χ0v) is 23.8. The standard InChI is InChI=1S/C30H44N6O6/c31-16-6-4-10-24(34-27(38)23(33)18-21-12-14-22(37)15-13-21)28(39)36-26(19-20-8-2-1-3-9-20)29(40)35-25(30(41)42)11-5-7-17-32/h1-3,8-9,12-15,23-26,37H,4-7,10-11,16-19,31-33H2,(H,34,38)(H,35,40)(H,36,39)(H,41,42). The Morgan fingerprint density at radius 3 is 1.71 bits per heavy atom. The number of benzene rings is 2. The molecule has 12 nitrogen and oxygen atoms in total. The largest absolute Gasteiger partial charge is 0.508 e. The van der Waals surface area contributed by atoms with Crippen LogP contribution in [0.15, 0.2) is 54.6 Å². The number of phenols is 1. The predicted octanol–water partition coefficient (Wildman–Crippen LogP) is 0.302. The van der Waals surface area contributed by atoms with E-state index < -0.39 is 47.9 Å². The van der Waals surface area contributed by atoms with Gasteiger partial charge < -0.3 is 43.4 Å². The van der Waals surface area contributed by atoms with Crippen molar-refractivity contribution in [2.75, 3.05) is 13.1 Å². The third-order valence-corrected chi connectivity index (χ3v) is 6.79. The summed E-state index contributed by atoms with van der Waals surface area (Å²) in [6, 6.07) is 11.1. The van der Waals surface area contributed by atoms with Crippen LogP contribution in [0, 0.1) is 0 Å². The summed E-state index contributed by atoms with van der Waals surface area (Å²) >= 11 is 0. The van der Waals surface area contributed by atoms with Gasteiger partial charge in [0.25, 0.3) is 0 Å². The van der Waals surface area contributed by atoms with Gasteiger partial charge in [-0.05, 0) is 81.3 Å². The second-order valence-corrected chi connectivity index (χ2v) is 10.3. The van der Waals surface area contributed by atoms with Crippen molar-refractivity contribution in [3.8, 4) is 5.75 Å². The van der Waals surface area contributed by atoms with Crippen LogP contribution < -0.4 is 33.2 Å². The van der Waals surface area contributed by atoms with Crippen molar-refractivity contribution in [1.29, 1.82) is 0 Å². The van der Waals surface area contributed by atoms with E-state index in [9.17, 15) is 29.4 Å². The van der Waals surface area contributed by atoms with E-state index in [1.165, 1.54) is 12.1 Å². The molecule has 0 saturated carbocycles. The maximum Gasteiger partial charge on any atom is 0.326 e. The van der Waals surface area contributed by atoms with Crippen LogP contribution in [-0.4, -0.2) is 71.2 Å². The second-order valence-electron chi connectivity index (χ2n) is 10.3. The van der Waals surface area contributed by atoms with Gasteiger partial charge in [0.15, 0.2) is 0 Å². The number of phenolic OH excluding ortho intramolecular Hbond substituents is 1. The van der Waals surface area contributed by atoms with Crippen LogP contribution in [0.5, 0.6) is 5.75 Å². The van der Waals surface area contributed by atoms with Crippen LogP contribution in [0.1, 0.15) is 49.7 Å². The summed E-state index contributed by atoms with van der Waals surface area (Å²) in [5, 5.41) is 27.1. The zero-order valence-electron chi connectivity index (χ0n) is 23.8. The highest BCUT2D eigenvalue weighted by molar-refractivity contribution is 5.94. The van der Waals surface area contributed by atoms with E-state index in [2.05, 4.69) is 16.0 Å². The number of carbonyl (C=O) groups is 4. The fraction of sp³-hybridized carbons (Fsp3) is 0.467. The number of nitrogens with two attached hydrogens (primary N) is 3. The van der Waals surface area contributed by atoms with Crippen molar-refractivity contribution in [3.63, 3.8) is 0 Å². The first-order valence-corrected chi connectivity index (χ1v) is 14.3. The molecule has 0 fully saturated rings. The average Bonchev–Trinajstić information content (AvgIpc) is 2.97. The third kappa shape index (κ3) is 12.2. The molecule has 4 atom stereocenters. The molecule has 0 aliphatic carbocycles. The highest BCUT2D eigenvalue weighted by Crippen LogP contribution is 2.12. The van der Waals surface area contributed by atoms with E-state index in [0.717, 1.165) is 11.1 Å². The smallest absolute Gasteiger partial charge is 0.326 e. The number of nitrogens with one attached hydrogen (secondary N) is 3. The average molecular weight is 585 g/mol. The summed E-state index contributed by atoms with van der Waals surface area (Å²) < 4.78 is 0. The second kappa shape index (κ2) is 18.4. The Bertz CT molecular complexity index is 1130. The first-order valence-electron chi connectivity index (χ1n) is 14.3. The highest BCUT2D eigenvalue weighted by atomic mass is 16.4. The molecule has 3 amide bonds. The summed E-state index contributed by atoms with van der Waals surface area (Å²) in [5.41, 5.74) is 18.8. The molecule has 0 aliphatic heterocycles. The van der Waals surface area contributed by atoms with E-state index in [1.807, 2.05) is 6.07 Å². The van der Waals surface area contributed by atoms with Gasteiger partial charge in [0.1, 0.15) is 23.9 Å². The molecule has 11 N–H and O–H groups in total. The fourth-order valence-electron chi connectivity index (χ4n) is 4.37. The number of rotatable bonds is 19. The first-order chi connectivity index (χ1) is 20.1. The van der Waals surface area contributed by atoms with Gasteiger partial charge in [-0.25, -0.2) is 4.79 Å². The zero-order chi connectivity index (χ0) is 30.9. The molecule has 0 radical (unpaired) electrons. The number of hydrogen-bond donors (Lipinski definition) is 8. The van der Waals surface area contributed by atoms with Gasteiger partial charge in [-0.15, -0.1) is 0 Å². The Kier molecular flexibility index (Phi) is 15.0. The quantitative estimate of drug-likeness (QED) is 0.106. The Morgan fingerprint density at radius 1 is 0.643 bits per heavy atom. The molecule has 12 heteroatoms. The Hall–Kier alpha value is -4.00. The molecule has 42 heavy (non-hydrogen) atoms. The van der Waals surface area contributed by atoms with E-state index >= 15 is 0 Å². The van der Waals surface area contributed by atoms with Gasteiger partial charge >= 0.3 is 5.97 Å². The van der Waals surface area contributed by atoms with Gasteiger partial charge in [-0.2, -0.15) is 0 Å². The number of aromatic hydroxyl groups is 1. The fourth-order valence-corrected chi connectivity index (χ4v) is 4.37. The highest BCUT2D eigenvalue weighted by Gasteiger charge is 2.30. The van der Waals surface area contributed by atoms with Crippen LogP contribution in [-0.2, 0) is 32.0 Å². The van der Waals surface area contributed by atoms with E-state index in [1.54, 1.807) is 36.4 Å². The lowest BCUT2D eigenvalue weighted by molar-refractivity contribution is -0.142. The number of aliphatic carboxylic acids is 1. The van der Waals surface area contributed by atoms with E-state index in [0.29, 0.717) is 38.8 Å². The Labute approximate surface area is 246 Å². The van der Waals surface area contributed by atoms with Gasteiger partial charge in [-0.1, -0.05) is 42.5 Å². The van der Waals surface area contributed by atoms with Crippen molar-refractivity contribution in [2.45, 2.75) is 75.5 Å². The van der Waals surface area contributed by atoms with Crippen LogP contribution >= 0.6 is 0 Å². The number of hydrogen-bond acceptors (Lipinski definition) is 8. The number of carboxylic acids is 1. The summed E-state index contributed by atoms with van der Waals surface area (Å²) in [7, 11) is 0. The van der Waals surface area contributed by atoms with Gasteiger partial charge in [0.05, 0.1) is 6.04 Å². The van der Waals surface area contributed by atoms with Gasteiger partial charge in [-0.3, -0.25) is 14.4 Å². The van der Waals surface area contributed by atoms with Gasteiger partial charge in [0.2, 0.25) is 17.7 Å². The summed E-state index contributed by atoms with van der Waals surface area (Å²) in [6.45, 7) is 0.811. The van der Waals surface area contributed by atoms with Crippen molar-refractivity contribution in [1.82, 2.24) is 16.0 Å². The molecule has 0 spiro atoms. The third-order valence-electron chi connectivity index (χ3n) is 6.79. The molecule has 2 aromatic rings. The molecule has 4 unspecified atom stereocenters. The Morgan fingerprint density at radius 2 is 1.14 bits per heavy atom.